The maximum atomic E-state index is 12.2. The van der Waals surface area contributed by atoms with Gasteiger partial charge in [0.1, 0.15) is 12.4 Å². The zero-order valence-electron chi connectivity index (χ0n) is 16.3. The van der Waals surface area contributed by atoms with E-state index >= 15 is 0 Å². The second-order valence-corrected chi connectivity index (χ2v) is 6.42. The molecule has 0 unspecified atom stereocenters. The lowest BCUT2D eigenvalue weighted by atomic mass is 10.1. The molecule has 0 radical (unpaired) electrons. The molecule has 2 aromatic carbocycles. The van der Waals surface area contributed by atoms with Gasteiger partial charge in [-0.25, -0.2) is 0 Å². The average molecular weight is 416 g/mol. The molecule has 0 saturated heterocycles. The lowest BCUT2D eigenvalue weighted by Crippen LogP contribution is -2.48. The van der Waals surface area contributed by atoms with Crippen molar-refractivity contribution in [2.45, 2.75) is 19.8 Å². The molecule has 29 heavy (non-hydrogen) atoms. The first-order valence-corrected chi connectivity index (χ1v) is 9.74. The molecule has 0 aromatic heterocycles. The topological polar surface area (TPSA) is 88.7 Å². The van der Waals surface area contributed by atoms with Crippen molar-refractivity contribution in [3.63, 3.8) is 0 Å². The highest BCUT2D eigenvalue weighted by Gasteiger charge is 2.09. The summed E-state index contributed by atoms with van der Waals surface area (Å²) in [6.07, 6.45) is 0.921. The first-order chi connectivity index (χ1) is 14.1. The van der Waals surface area contributed by atoms with Crippen LogP contribution in [0.2, 0.25) is 0 Å². The molecule has 0 spiro atoms. The van der Waals surface area contributed by atoms with Crippen LogP contribution in [-0.2, 0) is 16.0 Å². The van der Waals surface area contributed by atoms with Gasteiger partial charge in [0.15, 0.2) is 5.11 Å². The quantitative estimate of drug-likeness (QED) is 0.331. The van der Waals surface area contributed by atoms with Crippen LogP contribution in [0.3, 0.4) is 0 Å². The second-order valence-electron chi connectivity index (χ2n) is 6.01. The van der Waals surface area contributed by atoms with E-state index in [0.717, 1.165) is 5.56 Å². The Hall–Kier alpha value is -2.97. The van der Waals surface area contributed by atoms with E-state index in [1.54, 1.807) is 24.3 Å². The van der Waals surface area contributed by atoms with E-state index < -0.39 is 0 Å². The Kier molecular flexibility index (Phi) is 9.61. The van der Waals surface area contributed by atoms with Crippen molar-refractivity contribution in [2.24, 2.45) is 0 Å². The van der Waals surface area contributed by atoms with E-state index in [9.17, 15) is 9.59 Å². The molecular formula is C21H25N3O4S. The number of benzene rings is 2. The molecule has 0 atom stereocenters. The summed E-state index contributed by atoms with van der Waals surface area (Å²) in [4.78, 5) is 24.1. The molecule has 0 aliphatic heterocycles. The van der Waals surface area contributed by atoms with Gasteiger partial charge in [-0.05, 0) is 55.4 Å². The van der Waals surface area contributed by atoms with E-state index in [4.69, 9.17) is 21.7 Å². The van der Waals surface area contributed by atoms with Gasteiger partial charge in [-0.3, -0.25) is 25.8 Å². The molecule has 2 amide bonds. The van der Waals surface area contributed by atoms with Crippen LogP contribution in [0, 0.1) is 0 Å². The number of rotatable bonds is 9. The Balaban J connectivity index is 1.68. The molecule has 0 aliphatic rings. The smallest absolute Gasteiger partial charge is 0.257 e. The minimum absolute atomic E-state index is 0.0140. The summed E-state index contributed by atoms with van der Waals surface area (Å²) in [6, 6.07) is 16.4. The van der Waals surface area contributed by atoms with Crippen molar-refractivity contribution in [1.29, 1.82) is 0 Å². The lowest BCUT2D eigenvalue weighted by Gasteiger charge is -2.11. The molecule has 2 aromatic rings. The summed E-state index contributed by atoms with van der Waals surface area (Å²) in [7, 11) is 0. The minimum Gasteiger partial charge on any atom is -0.491 e. The van der Waals surface area contributed by atoms with Gasteiger partial charge in [0, 0.05) is 18.6 Å². The van der Waals surface area contributed by atoms with Gasteiger partial charge >= 0.3 is 0 Å². The van der Waals surface area contributed by atoms with Crippen LogP contribution in [0.4, 0.5) is 0 Å². The molecule has 8 heteroatoms. The van der Waals surface area contributed by atoms with Crippen LogP contribution < -0.4 is 20.9 Å². The van der Waals surface area contributed by atoms with Crippen LogP contribution in [0.15, 0.2) is 54.6 Å². The molecule has 0 bridgehead atoms. The molecule has 0 aliphatic carbocycles. The van der Waals surface area contributed by atoms with Crippen LogP contribution in [0.1, 0.15) is 29.3 Å². The van der Waals surface area contributed by atoms with Crippen LogP contribution >= 0.6 is 12.2 Å². The fourth-order valence-electron chi connectivity index (χ4n) is 2.36. The van der Waals surface area contributed by atoms with E-state index in [-0.39, 0.29) is 16.9 Å². The standard InChI is InChI=1S/C21H25N3O4S/c1-2-27-14-15-28-18-11-9-17(10-12-18)20(26)22-21(29)24-23-19(25)13-8-16-6-4-3-5-7-16/h3-7,9-12H,2,8,13-15H2,1H3,(H,23,25)(H2,22,24,26,29). The first-order valence-electron chi connectivity index (χ1n) is 9.33. The van der Waals surface area contributed by atoms with Crippen molar-refractivity contribution >= 4 is 29.1 Å². The van der Waals surface area contributed by atoms with Crippen molar-refractivity contribution < 1.29 is 19.1 Å². The average Bonchev–Trinajstić information content (AvgIpc) is 2.75. The number of thiocarbonyl (C=S) groups is 1. The minimum atomic E-state index is -0.387. The molecule has 0 heterocycles. The number of aryl methyl sites for hydroxylation is 1. The SMILES string of the molecule is CCOCCOc1ccc(C(=O)NC(=S)NNC(=O)CCc2ccccc2)cc1. The number of hydrazine groups is 1. The van der Waals surface area contributed by atoms with Gasteiger partial charge in [-0.2, -0.15) is 0 Å². The third kappa shape index (κ3) is 8.71. The van der Waals surface area contributed by atoms with Gasteiger partial charge in [0.25, 0.3) is 5.91 Å². The summed E-state index contributed by atoms with van der Waals surface area (Å²) in [5.74, 6) is 0.0357. The zero-order valence-corrected chi connectivity index (χ0v) is 17.1. The second kappa shape index (κ2) is 12.5. The van der Waals surface area contributed by atoms with Crippen LogP contribution in [0.25, 0.3) is 0 Å². The maximum Gasteiger partial charge on any atom is 0.257 e. The highest BCUT2D eigenvalue weighted by atomic mass is 32.1. The molecule has 7 nitrogen and oxygen atoms in total. The van der Waals surface area contributed by atoms with Crippen molar-refractivity contribution in [3.05, 3.63) is 65.7 Å². The predicted molar refractivity (Wildman–Crippen MR) is 115 cm³/mol. The van der Waals surface area contributed by atoms with Crippen molar-refractivity contribution in [1.82, 2.24) is 16.2 Å². The lowest BCUT2D eigenvalue weighted by molar-refractivity contribution is -0.121. The van der Waals surface area contributed by atoms with Gasteiger partial charge in [-0.1, -0.05) is 30.3 Å². The van der Waals surface area contributed by atoms with Gasteiger partial charge in [-0.15, -0.1) is 0 Å². The van der Waals surface area contributed by atoms with E-state index in [0.29, 0.717) is 44.0 Å². The molecular weight excluding hydrogens is 390 g/mol. The van der Waals surface area contributed by atoms with Crippen molar-refractivity contribution in [3.8, 4) is 5.75 Å². The fourth-order valence-corrected chi connectivity index (χ4v) is 2.51. The molecule has 0 fully saturated rings. The van der Waals surface area contributed by atoms with E-state index in [1.807, 2.05) is 37.3 Å². The number of hydrogen-bond donors (Lipinski definition) is 3. The Bertz CT molecular complexity index is 797. The summed E-state index contributed by atoms with van der Waals surface area (Å²) in [5, 5.41) is 2.52. The number of carbonyl (C=O) groups is 2. The third-order valence-electron chi connectivity index (χ3n) is 3.84. The molecule has 0 saturated carbocycles. The van der Waals surface area contributed by atoms with Crippen molar-refractivity contribution in [2.75, 3.05) is 19.8 Å². The van der Waals surface area contributed by atoms with Gasteiger partial charge < -0.3 is 9.47 Å². The summed E-state index contributed by atoms with van der Waals surface area (Å²) < 4.78 is 10.7. The fraction of sp³-hybridized carbons (Fsp3) is 0.286. The van der Waals surface area contributed by atoms with E-state index in [1.165, 1.54) is 0 Å². The Morgan fingerprint density at radius 3 is 2.38 bits per heavy atom. The monoisotopic (exact) mass is 415 g/mol. The summed E-state index contributed by atoms with van der Waals surface area (Å²) in [6.45, 7) is 3.51. The van der Waals surface area contributed by atoms with Crippen LogP contribution in [0.5, 0.6) is 5.75 Å². The number of nitrogens with one attached hydrogen (secondary N) is 3. The highest BCUT2D eigenvalue weighted by molar-refractivity contribution is 7.80. The molecule has 2 rings (SSSR count). The number of amides is 2. The first kappa shape index (κ1) is 22.3. The van der Waals surface area contributed by atoms with E-state index in [2.05, 4.69) is 16.2 Å². The molecule has 154 valence electrons. The number of hydrogen-bond acceptors (Lipinski definition) is 5. The highest BCUT2D eigenvalue weighted by Crippen LogP contribution is 2.12. The number of carbonyl (C=O) groups excluding carboxylic acids is 2. The Morgan fingerprint density at radius 2 is 1.69 bits per heavy atom. The van der Waals surface area contributed by atoms with Gasteiger partial charge in [0.2, 0.25) is 5.91 Å². The predicted octanol–water partition coefficient (Wildman–Crippen LogP) is 2.37. The van der Waals surface area contributed by atoms with Crippen LogP contribution in [-0.4, -0.2) is 36.7 Å². The zero-order chi connectivity index (χ0) is 20.9. The summed E-state index contributed by atoms with van der Waals surface area (Å²) in [5.41, 5.74) is 6.50. The largest absolute Gasteiger partial charge is 0.491 e. The van der Waals surface area contributed by atoms with Gasteiger partial charge in [0.05, 0.1) is 6.61 Å². The maximum absolute atomic E-state index is 12.2. The normalized spacial score (nSPS) is 10.1. The number of ether oxygens (including phenoxy) is 2. The molecule has 3 N–H and O–H groups in total. The third-order valence-corrected chi connectivity index (χ3v) is 4.05. The summed E-state index contributed by atoms with van der Waals surface area (Å²) >= 11 is 5.04. The Morgan fingerprint density at radius 1 is 0.966 bits per heavy atom. The Labute approximate surface area is 175 Å².